The summed E-state index contributed by atoms with van der Waals surface area (Å²) in [5, 5.41) is 2.93. The van der Waals surface area contributed by atoms with Crippen LogP contribution in [0, 0.1) is 6.92 Å². The number of hydrogen-bond donors (Lipinski definition) is 1. The summed E-state index contributed by atoms with van der Waals surface area (Å²) in [7, 11) is 3.16. The van der Waals surface area contributed by atoms with E-state index in [1.54, 1.807) is 20.3 Å². The molecule has 0 aliphatic rings. The standard InChI is InChI=1S/C22H24N2O4/c1-15-18(24-22(28-15)17-7-5-4-6-8-17)11-12-23-21(25)14-16-9-10-19(26-2)20(13-16)27-3/h4-10,13H,11-12,14H2,1-3H3,(H,23,25). The lowest BCUT2D eigenvalue weighted by Crippen LogP contribution is -2.27. The highest BCUT2D eigenvalue weighted by molar-refractivity contribution is 5.78. The van der Waals surface area contributed by atoms with Gasteiger partial charge in [-0.1, -0.05) is 24.3 Å². The molecule has 28 heavy (non-hydrogen) atoms. The predicted octanol–water partition coefficient (Wildman–Crippen LogP) is 3.57. The molecule has 3 rings (SSSR count). The summed E-state index contributed by atoms with van der Waals surface area (Å²) < 4.78 is 16.2. The first-order valence-corrected chi connectivity index (χ1v) is 9.10. The molecular weight excluding hydrogens is 356 g/mol. The van der Waals surface area contributed by atoms with Crippen LogP contribution < -0.4 is 14.8 Å². The Hall–Kier alpha value is -3.28. The van der Waals surface area contributed by atoms with Gasteiger partial charge in [0.2, 0.25) is 11.8 Å². The summed E-state index contributed by atoms with van der Waals surface area (Å²) in [5.41, 5.74) is 2.65. The van der Waals surface area contributed by atoms with Crippen molar-refractivity contribution >= 4 is 5.91 Å². The van der Waals surface area contributed by atoms with E-state index in [1.807, 2.05) is 49.4 Å². The molecule has 0 bridgehead atoms. The van der Waals surface area contributed by atoms with Crippen LogP contribution in [-0.4, -0.2) is 31.7 Å². The van der Waals surface area contributed by atoms with Gasteiger partial charge in [0.1, 0.15) is 5.76 Å². The van der Waals surface area contributed by atoms with E-state index in [1.165, 1.54) is 0 Å². The van der Waals surface area contributed by atoms with Crippen molar-refractivity contribution in [2.45, 2.75) is 19.8 Å². The molecule has 0 atom stereocenters. The highest BCUT2D eigenvalue weighted by Crippen LogP contribution is 2.27. The molecule has 1 amide bonds. The van der Waals surface area contributed by atoms with E-state index in [2.05, 4.69) is 10.3 Å². The number of nitrogens with zero attached hydrogens (tertiary/aromatic N) is 1. The number of nitrogens with one attached hydrogen (secondary N) is 1. The van der Waals surface area contributed by atoms with Gasteiger partial charge in [-0.15, -0.1) is 0 Å². The Morgan fingerprint density at radius 2 is 1.82 bits per heavy atom. The molecule has 0 spiro atoms. The molecule has 3 aromatic rings. The first-order chi connectivity index (χ1) is 13.6. The summed E-state index contributed by atoms with van der Waals surface area (Å²) in [6.07, 6.45) is 0.882. The fourth-order valence-electron chi connectivity index (χ4n) is 2.92. The summed E-state index contributed by atoms with van der Waals surface area (Å²) in [6, 6.07) is 15.2. The third-order valence-electron chi connectivity index (χ3n) is 4.41. The second-order valence-electron chi connectivity index (χ2n) is 6.35. The van der Waals surface area contributed by atoms with Gasteiger partial charge in [0, 0.05) is 18.5 Å². The van der Waals surface area contributed by atoms with Crippen LogP contribution in [0.1, 0.15) is 17.0 Å². The number of carbonyl (C=O) groups is 1. The molecule has 0 saturated heterocycles. The van der Waals surface area contributed by atoms with Crippen LogP contribution in [0.15, 0.2) is 52.9 Å². The molecule has 1 heterocycles. The fraction of sp³-hybridized carbons (Fsp3) is 0.273. The monoisotopic (exact) mass is 380 g/mol. The highest BCUT2D eigenvalue weighted by Gasteiger charge is 2.12. The lowest BCUT2D eigenvalue weighted by molar-refractivity contribution is -0.120. The maximum Gasteiger partial charge on any atom is 0.226 e. The van der Waals surface area contributed by atoms with Gasteiger partial charge in [0.05, 0.1) is 26.3 Å². The Morgan fingerprint density at radius 3 is 2.54 bits per heavy atom. The zero-order valence-electron chi connectivity index (χ0n) is 16.3. The molecule has 146 valence electrons. The van der Waals surface area contributed by atoms with Crippen molar-refractivity contribution in [3.8, 4) is 23.0 Å². The Morgan fingerprint density at radius 1 is 1.07 bits per heavy atom. The Labute approximate surface area is 164 Å². The van der Waals surface area contributed by atoms with E-state index in [0.29, 0.717) is 30.4 Å². The number of hydrogen-bond acceptors (Lipinski definition) is 5. The minimum Gasteiger partial charge on any atom is -0.493 e. The smallest absolute Gasteiger partial charge is 0.226 e. The van der Waals surface area contributed by atoms with Crippen LogP contribution in [0.3, 0.4) is 0 Å². The zero-order chi connectivity index (χ0) is 19.9. The van der Waals surface area contributed by atoms with Crippen LogP contribution in [0.2, 0.25) is 0 Å². The molecule has 6 nitrogen and oxygen atoms in total. The van der Waals surface area contributed by atoms with E-state index < -0.39 is 0 Å². The Bertz CT molecular complexity index is 935. The van der Waals surface area contributed by atoms with Crippen LogP contribution in [-0.2, 0) is 17.6 Å². The van der Waals surface area contributed by atoms with Crippen LogP contribution >= 0.6 is 0 Å². The lowest BCUT2D eigenvalue weighted by Gasteiger charge is -2.09. The van der Waals surface area contributed by atoms with E-state index in [-0.39, 0.29) is 12.3 Å². The molecule has 0 radical (unpaired) electrons. The number of aryl methyl sites for hydroxylation is 1. The van der Waals surface area contributed by atoms with Crippen LogP contribution in [0.25, 0.3) is 11.5 Å². The maximum atomic E-state index is 12.2. The number of benzene rings is 2. The molecule has 1 N–H and O–H groups in total. The Balaban J connectivity index is 1.54. The zero-order valence-corrected chi connectivity index (χ0v) is 16.3. The van der Waals surface area contributed by atoms with Gasteiger partial charge in [-0.25, -0.2) is 4.98 Å². The summed E-state index contributed by atoms with van der Waals surface area (Å²) in [6.45, 7) is 2.38. The molecule has 6 heteroatoms. The number of methoxy groups -OCH3 is 2. The third-order valence-corrected chi connectivity index (χ3v) is 4.41. The van der Waals surface area contributed by atoms with Crippen LogP contribution in [0.4, 0.5) is 0 Å². The summed E-state index contributed by atoms with van der Waals surface area (Å²) >= 11 is 0. The first-order valence-electron chi connectivity index (χ1n) is 9.10. The molecule has 1 aromatic heterocycles. The van der Waals surface area contributed by atoms with Crippen molar-refractivity contribution < 1.29 is 18.7 Å². The molecule has 0 aliphatic carbocycles. The lowest BCUT2D eigenvalue weighted by atomic mass is 10.1. The van der Waals surface area contributed by atoms with Gasteiger partial charge in [0.25, 0.3) is 0 Å². The van der Waals surface area contributed by atoms with Gasteiger partial charge < -0.3 is 19.2 Å². The second-order valence-corrected chi connectivity index (χ2v) is 6.35. The predicted molar refractivity (Wildman–Crippen MR) is 107 cm³/mol. The van der Waals surface area contributed by atoms with Gasteiger partial charge in [-0.05, 0) is 36.8 Å². The average Bonchev–Trinajstić information content (AvgIpc) is 3.09. The largest absolute Gasteiger partial charge is 0.493 e. The van der Waals surface area contributed by atoms with Gasteiger partial charge >= 0.3 is 0 Å². The molecule has 0 unspecified atom stereocenters. The minimum atomic E-state index is -0.0587. The van der Waals surface area contributed by atoms with Gasteiger partial charge in [0.15, 0.2) is 11.5 Å². The fourth-order valence-corrected chi connectivity index (χ4v) is 2.92. The maximum absolute atomic E-state index is 12.2. The number of aromatic nitrogens is 1. The molecule has 0 fully saturated rings. The van der Waals surface area contributed by atoms with Crippen LogP contribution in [0.5, 0.6) is 11.5 Å². The van der Waals surface area contributed by atoms with E-state index >= 15 is 0 Å². The van der Waals surface area contributed by atoms with Crippen molar-refractivity contribution in [2.75, 3.05) is 20.8 Å². The number of amides is 1. The van der Waals surface area contributed by atoms with Crippen molar-refractivity contribution in [1.29, 1.82) is 0 Å². The second kappa shape index (κ2) is 9.08. The molecule has 2 aromatic carbocycles. The Kier molecular flexibility index (Phi) is 6.32. The first kappa shape index (κ1) is 19.5. The molecular formula is C22H24N2O4. The van der Waals surface area contributed by atoms with Crippen molar-refractivity contribution in [1.82, 2.24) is 10.3 Å². The van der Waals surface area contributed by atoms with Crippen molar-refractivity contribution in [2.24, 2.45) is 0 Å². The topological polar surface area (TPSA) is 73.6 Å². The number of rotatable bonds is 8. The molecule has 0 aliphatic heterocycles. The normalized spacial score (nSPS) is 10.5. The number of carbonyl (C=O) groups excluding carboxylic acids is 1. The number of oxazole rings is 1. The van der Waals surface area contributed by atoms with E-state index in [0.717, 1.165) is 22.6 Å². The average molecular weight is 380 g/mol. The van der Waals surface area contributed by atoms with Gasteiger partial charge in [-0.3, -0.25) is 4.79 Å². The van der Waals surface area contributed by atoms with Crippen molar-refractivity contribution in [3.05, 3.63) is 65.5 Å². The third kappa shape index (κ3) is 4.71. The number of ether oxygens (including phenoxy) is 2. The summed E-state index contributed by atoms with van der Waals surface area (Å²) in [4.78, 5) is 16.8. The quantitative estimate of drug-likeness (QED) is 0.647. The summed E-state index contributed by atoms with van der Waals surface area (Å²) in [5.74, 6) is 2.57. The van der Waals surface area contributed by atoms with E-state index in [4.69, 9.17) is 13.9 Å². The SMILES string of the molecule is COc1ccc(CC(=O)NCCc2nc(-c3ccccc3)oc2C)cc1OC. The highest BCUT2D eigenvalue weighted by atomic mass is 16.5. The van der Waals surface area contributed by atoms with Crippen molar-refractivity contribution in [3.63, 3.8) is 0 Å². The van der Waals surface area contributed by atoms with Gasteiger partial charge in [-0.2, -0.15) is 0 Å². The molecule has 0 saturated carbocycles. The van der Waals surface area contributed by atoms with E-state index in [9.17, 15) is 4.79 Å². The minimum absolute atomic E-state index is 0.0587.